The molecule has 1 aliphatic rings. The van der Waals surface area contributed by atoms with Crippen molar-refractivity contribution in [2.45, 2.75) is 31.8 Å². The second-order valence-electron chi connectivity index (χ2n) is 4.85. The van der Waals surface area contributed by atoms with E-state index in [0.717, 1.165) is 13.0 Å². The highest BCUT2D eigenvalue weighted by Gasteiger charge is 2.23. The summed E-state index contributed by atoms with van der Waals surface area (Å²) in [5.74, 6) is 1.72. The Morgan fingerprint density at radius 2 is 2.37 bits per heavy atom. The molecule has 3 rings (SSSR count). The maximum absolute atomic E-state index is 5.81. The fourth-order valence-corrected chi connectivity index (χ4v) is 2.54. The van der Waals surface area contributed by atoms with Gasteiger partial charge in [-0.2, -0.15) is 4.98 Å². The maximum Gasteiger partial charge on any atom is 0.293 e. The van der Waals surface area contributed by atoms with Crippen LogP contribution in [0.1, 0.15) is 25.1 Å². The third-order valence-corrected chi connectivity index (χ3v) is 3.57. The summed E-state index contributed by atoms with van der Waals surface area (Å²) in [6.45, 7) is 2.42. The molecule has 0 bridgehead atoms. The van der Waals surface area contributed by atoms with Crippen molar-refractivity contribution in [3.05, 3.63) is 24.2 Å². The molecule has 19 heavy (non-hydrogen) atoms. The van der Waals surface area contributed by atoms with Crippen LogP contribution in [0.3, 0.4) is 0 Å². The lowest BCUT2D eigenvalue weighted by Crippen LogP contribution is -2.43. The van der Waals surface area contributed by atoms with Gasteiger partial charge in [0.2, 0.25) is 0 Å². The molecule has 0 aromatic carbocycles. The maximum atomic E-state index is 5.81. The van der Waals surface area contributed by atoms with Crippen molar-refractivity contribution in [1.29, 1.82) is 0 Å². The van der Waals surface area contributed by atoms with E-state index < -0.39 is 0 Å². The van der Waals surface area contributed by atoms with Crippen molar-refractivity contribution in [1.82, 2.24) is 15.0 Å². The average molecular weight is 262 g/mol. The minimum Gasteiger partial charge on any atom is -0.459 e. The van der Waals surface area contributed by atoms with E-state index in [2.05, 4.69) is 15.0 Å². The molecule has 2 aromatic rings. The third-order valence-electron chi connectivity index (χ3n) is 3.57. The zero-order valence-corrected chi connectivity index (χ0v) is 10.8. The molecule has 1 fully saturated rings. The van der Waals surface area contributed by atoms with E-state index in [1.54, 1.807) is 18.4 Å². The predicted octanol–water partition coefficient (Wildman–Crippen LogP) is 1.64. The summed E-state index contributed by atoms with van der Waals surface area (Å²) in [5.41, 5.74) is 5.81. The Morgan fingerprint density at radius 1 is 1.42 bits per heavy atom. The highest BCUT2D eigenvalue weighted by atomic mass is 16.5. The normalized spacial score (nSPS) is 20.8. The number of furan rings is 1. The van der Waals surface area contributed by atoms with Crippen molar-refractivity contribution in [3.8, 4) is 11.7 Å². The van der Waals surface area contributed by atoms with Crippen LogP contribution in [0.15, 0.2) is 27.3 Å². The molecule has 102 valence electrons. The summed E-state index contributed by atoms with van der Waals surface area (Å²) in [6.07, 6.45) is 5.20. The van der Waals surface area contributed by atoms with Crippen molar-refractivity contribution in [3.63, 3.8) is 0 Å². The van der Waals surface area contributed by atoms with Crippen LogP contribution in [-0.2, 0) is 6.54 Å². The van der Waals surface area contributed by atoms with E-state index in [-0.39, 0.29) is 0 Å². The van der Waals surface area contributed by atoms with Crippen molar-refractivity contribution in [2.24, 2.45) is 5.73 Å². The molecule has 2 aromatic heterocycles. The van der Waals surface area contributed by atoms with Gasteiger partial charge in [-0.3, -0.25) is 4.90 Å². The summed E-state index contributed by atoms with van der Waals surface area (Å²) in [6, 6.07) is 4.04. The number of hydrogen-bond acceptors (Lipinski definition) is 6. The lowest BCUT2D eigenvalue weighted by atomic mass is 10.0. The second kappa shape index (κ2) is 5.54. The fourth-order valence-electron chi connectivity index (χ4n) is 2.54. The quantitative estimate of drug-likeness (QED) is 0.902. The molecule has 1 saturated heterocycles. The first-order chi connectivity index (χ1) is 9.36. The number of hydrogen-bond donors (Lipinski definition) is 1. The average Bonchev–Trinajstić information content (AvgIpc) is 3.09. The highest BCUT2D eigenvalue weighted by Crippen LogP contribution is 2.20. The van der Waals surface area contributed by atoms with Crippen molar-refractivity contribution in [2.75, 3.05) is 13.1 Å². The summed E-state index contributed by atoms with van der Waals surface area (Å²) in [7, 11) is 0. The molecule has 0 saturated carbocycles. The van der Waals surface area contributed by atoms with Crippen LogP contribution in [0.25, 0.3) is 11.7 Å². The second-order valence-corrected chi connectivity index (χ2v) is 4.85. The van der Waals surface area contributed by atoms with Crippen LogP contribution in [0.4, 0.5) is 0 Å². The summed E-state index contributed by atoms with van der Waals surface area (Å²) >= 11 is 0. The number of aromatic nitrogens is 2. The lowest BCUT2D eigenvalue weighted by Gasteiger charge is -2.33. The van der Waals surface area contributed by atoms with Gasteiger partial charge in [0, 0.05) is 12.6 Å². The van der Waals surface area contributed by atoms with Gasteiger partial charge in [0.15, 0.2) is 11.6 Å². The number of piperidine rings is 1. The van der Waals surface area contributed by atoms with E-state index in [9.17, 15) is 0 Å². The van der Waals surface area contributed by atoms with E-state index in [0.29, 0.717) is 36.6 Å². The molecule has 6 heteroatoms. The van der Waals surface area contributed by atoms with Gasteiger partial charge >= 0.3 is 0 Å². The molecule has 6 nitrogen and oxygen atoms in total. The Labute approximate surface area is 111 Å². The van der Waals surface area contributed by atoms with Crippen molar-refractivity contribution < 1.29 is 8.94 Å². The first-order valence-corrected chi connectivity index (χ1v) is 6.67. The van der Waals surface area contributed by atoms with Crippen LogP contribution in [-0.4, -0.2) is 34.2 Å². The molecule has 0 aliphatic carbocycles. The van der Waals surface area contributed by atoms with E-state index in [1.807, 2.05) is 0 Å². The molecular formula is C13H18N4O2. The van der Waals surface area contributed by atoms with E-state index in [1.165, 1.54) is 12.8 Å². The van der Waals surface area contributed by atoms with Gasteiger partial charge in [0.05, 0.1) is 12.8 Å². The molecule has 1 aliphatic heterocycles. The van der Waals surface area contributed by atoms with Crippen LogP contribution in [0.2, 0.25) is 0 Å². The molecule has 3 heterocycles. The van der Waals surface area contributed by atoms with E-state index in [4.69, 9.17) is 14.7 Å². The SMILES string of the molecule is NCC1CCCCN1Cc1noc(-c2ccco2)n1. The van der Waals surface area contributed by atoms with Crippen LogP contribution in [0, 0.1) is 0 Å². The van der Waals surface area contributed by atoms with Gasteiger partial charge in [-0.15, -0.1) is 0 Å². The van der Waals surface area contributed by atoms with Crippen molar-refractivity contribution >= 4 is 0 Å². The van der Waals surface area contributed by atoms with Crippen LogP contribution >= 0.6 is 0 Å². The number of likely N-dealkylation sites (tertiary alicyclic amines) is 1. The minimum absolute atomic E-state index is 0.430. The first kappa shape index (κ1) is 12.4. The number of nitrogens with two attached hydrogens (primary N) is 1. The monoisotopic (exact) mass is 262 g/mol. The van der Waals surface area contributed by atoms with Gasteiger partial charge < -0.3 is 14.7 Å². The van der Waals surface area contributed by atoms with Gasteiger partial charge in [-0.1, -0.05) is 11.6 Å². The molecule has 0 radical (unpaired) electrons. The predicted molar refractivity (Wildman–Crippen MR) is 69.1 cm³/mol. The molecule has 0 amide bonds. The minimum atomic E-state index is 0.430. The molecule has 0 spiro atoms. The lowest BCUT2D eigenvalue weighted by molar-refractivity contribution is 0.140. The Hall–Kier alpha value is -1.66. The van der Waals surface area contributed by atoms with Gasteiger partial charge in [-0.05, 0) is 31.5 Å². The van der Waals surface area contributed by atoms with Crippen LogP contribution < -0.4 is 5.73 Å². The fraction of sp³-hybridized carbons (Fsp3) is 0.538. The van der Waals surface area contributed by atoms with Gasteiger partial charge in [0.1, 0.15) is 0 Å². The Morgan fingerprint density at radius 3 is 3.16 bits per heavy atom. The number of rotatable bonds is 4. The van der Waals surface area contributed by atoms with Gasteiger partial charge in [0.25, 0.3) is 5.89 Å². The largest absolute Gasteiger partial charge is 0.459 e. The third kappa shape index (κ3) is 2.69. The molecule has 1 unspecified atom stereocenters. The molecule has 1 atom stereocenters. The standard InChI is InChI=1S/C13H18N4O2/c14-8-10-4-1-2-6-17(10)9-12-15-13(19-16-12)11-5-3-7-18-11/h3,5,7,10H,1-2,4,6,8-9,14H2. The molecule has 2 N–H and O–H groups in total. The summed E-state index contributed by atoms with van der Waals surface area (Å²) < 4.78 is 10.4. The Bertz CT molecular complexity index is 508. The number of nitrogens with zero attached hydrogens (tertiary/aromatic N) is 3. The highest BCUT2D eigenvalue weighted by molar-refractivity contribution is 5.42. The van der Waals surface area contributed by atoms with Crippen LogP contribution in [0.5, 0.6) is 0 Å². The zero-order valence-electron chi connectivity index (χ0n) is 10.8. The summed E-state index contributed by atoms with van der Waals surface area (Å²) in [5, 5.41) is 4.01. The smallest absolute Gasteiger partial charge is 0.293 e. The van der Waals surface area contributed by atoms with E-state index >= 15 is 0 Å². The first-order valence-electron chi connectivity index (χ1n) is 6.67. The Balaban J connectivity index is 1.69. The zero-order chi connectivity index (χ0) is 13.1. The van der Waals surface area contributed by atoms with Gasteiger partial charge in [-0.25, -0.2) is 0 Å². The topological polar surface area (TPSA) is 81.3 Å². The summed E-state index contributed by atoms with van der Waals surface area (Å²) in [4.78, 5) is 6.70. The Kier molecular flexibility index (Phi) is 3.61. The molecular weight excluding hydrogens is 244 g/mol.